The Labute approximate surface area is 143 Å². The molecule has 9 heteroatoms. The monoisotopic (exact) mass is 358 g/mol. The molecule has 0 aliphatic carbocycles. The molecule has 0 saturated carbocycles. The van der Waals surface area contributed by atoms with Crippen LogP contribution in [-0.4, -0.2) is 34.9 Å². The van der Waals surface area contributed by atoms with E-state index in [9.17, 15) is 13.6 Å². The maximum Gasteiger partial charge on any atom is 0.254 e. The third-order valence-electron chi connectivity index (χ3n) is 3.67. The van der Waals surface area contributed by atoms with Crippen LogP contribution in [0.15, 0.2) is 24.3 Å². The Morgan fingerprint density at radius 2 is 2.00 bits per heavy atom. The first-order chi connectivity index (χ1) is 11.0. The second-order valence-electron chi connectivity index (χ2n) is 5.37. The van der Waals surface area contributed by atoms with Gasteiger partial charge in [0, 0.05) is 24.2 Å². The Kier molecular flexibility index (Phi) is 5.87. The predicted octanol–water partition coefficient (Wildman–Crippen LogP) is 2.22. The number of amides is 1. The number of nitrogens with one attached hydrogen (secondary N) is 2. The van der Waals surface area contributed by atoms with Gasteiger partial charge < -0.3 is 15.8 Å². The number of halogens is 3. The summed E-state index contributed by atoms with van der Waals surface area (Å²) in [7, 11) is 0. The number of nitrogens with two attached hydrogens (primary N) is 1. The van der Waals surface area contributed by atoms with Gasteiger partial charge >= 0.3 is 0 Å². The van der Waals surface area contributed by atoms with Crippen LogP contribution in [0.1, 0.15) is 12.8 Å². The third-order valence-corrected chi connectivity index (χ3v) is 3.67. The number of benzene rings is 1. The van der Waals surface area contributed by atoms with Gasteiger partial charge in [-0.05, 0) is 25.0 Å². The Morgan fingerprint density at radius 3 is 2.62 bits per heavy atom. The Hall–Kier alpha value is -2.03. The van der Waals surface area contributed by atoms with Crippen LogP contribution in [0.3, 0.4) is 0 Å². The number of ether oxygens (including phenoxy) is 1. The molecule has 6 nitrogen and oxygen atoms in total. The SMILES string of the molecule is Cl.NC[C@H]1CC[C@@H](C(=O)Nc2cc(-c3cc(F)cc(F)c3)[nH]n2)O1. The van der Waals surface area contributed by atoms with Crippen molar-refractivity contribution < 1.29 is 18.3 Å². The van der Waals surface area contributed by atoms with Crippen molar-refractivity contribution in [1.82, 2.24) is 10.2 Å². The highest BCUT2D eigenvalue weighted by molar-refractivity contribution is 5.94. The number of rotatable bonds is 4. The van der Waals surface area contributed by atoms with Gasteiger partial charge in [0.15, 0.2) is 5.82 Å². The smallest absolute Gasteiger partial charge is 0.254 e. The van der Waals surface area contributed by atoms with E-state index in [4.69, 9.17) is 10.5 Å². The third kappa shape index (κ3) is 4.08. The molecule has 1 aromatic heterocycles. The van der Waals surface area contributed by atoms with E-state index in [0.717, 1.165) is 12.5 Å². The highest BCUT2D eigenvalue weighted by Crippen LogP contribution is 2.23. The number of carbonyl (C=O) groups excluding carboxylic acids is 1. The van der Waals surface area contributed by atoms with Crippen molar-refractivity contribution in [3.05, 3.63) is 35.9 Å². The number of aromatic amines is 1. The van der Waals surface area contributed by atoms with Crippen molar-refractivity contribution in [3.63, 3.8) is 0 Å². The largest absolute Gasteiger partial charge is 0.364 e. The molecule has 0 spiro atoms. The molecule has 1 aromatic carbocycles. The Morgan fingerprint density at radius 1 is 1.29 bits per heavy atom. The molecule has 3 rings (SSSR count). The molecule has 24 heavy (non-hydrogen) atoms. The van der Waals surface area contributed by atoms with E-state index in [0.29, 0.717) is 24.2 Å². The lowest BCUT2D eigenvalue weighted by Crippen LogP contribution is -2.29. The van der Waals surface area contributed by atoms with Gasteiger partial charge in [-0.1, -0.05) is 0 Å². The molecule has 1 aliphatic rings. The van der Waals surface area contributed by atoms with Gasteiger partial charge in [0.1, 0.15) is 17.7 Å². The summed E-state index contributed by atoms with van der Waals surface area (Å²) in [5.41, 5.74) is 6.20. The van der Waals surface area contributed by atoms with Gasteiger partial charge in [-0.15, -0.1) is 12.4 Å². The average molecular weight is 359 g/mol. The molecule has 1 fully saturated rings. The molecule has 1 aliphatic heterocycles. The number of anilines is 1. The molecular weight excluding hydrogens is 342 g/mol. The maximum atomic E-state index is 13.2. The quantitative estimate of drug-likeness (QED) is 0.781. The fourth-order valence-corrected chi connectivity index (χ4v) is 2.52. The second-order valence-corrected chi connectivity index (χ2v) is 5.37. The molecule has 0 unspecified atom stereocenters. The second kappa shape index (κ2) is 7.69. The molecule has 130 valence electrons. The van der Waals surface area contributed by atoms with Crippen molar-refractivity contribution in [3.8, 4) is 11.3 Å². The summed E-state index contributed by atoms with van der Waals surface area (Å²) in [6.07, 6.45) is 0.675. The maximum absolute atomic E-state index is 13.2. The minimum absolute atomic E-state index is 0. The molecule has 0 radical (unpaired) electrons. The van der Waals surface area contributed by atoms with Gasteiger partial charge in [-0.3, -0.25) is 9.89 Å². The number of hydrogen-bond donors (Lipinski definition) is 3. The van der Waals surface area contributed by atoms with E-state index in [2.05, 4.69) is 15.5 Å². The first-order valence-corrected chi connectivity index (χ1v) is 7.23. The molecule has 0 bridgehead atoms. The van der Waals surface area contributed by atoms with Crippen LogP contribution >= 0.6 is 12.4 Å². The van der Waals surface area contributed by atoms with Crippen LogP contribution < -0.4 is 11.1 Å². The van der Waals surface area contributed by atoms with Crippen molar-refractivity contribution in [2.24, 2.45) is 5.73 Å². The summed E-state index contributed by atoms with van der Waals surface area (Å²) in [6.45, 7) is 0.376. The molecule has 2 aromatic rings. The van der Waals surface area contributed by atoms with Gasteiger partial charge in [0.25, 0.3) is 5.91 Å². The highest BCUT2D eigenvalue weighted by Gasteiger charge is 2.30. The fourth-order valence-electron chi connectivity index (χ4n) is 2.52. The first-order valence-electron chi connectivity index (χ1n) is 7.23. The number of hydrogen-bond acceptors (Lipinski definition) is 4. The van der Waals surface area contributed by atoms with Crippen LogP contribution in [0.4, 0.5) is 14.6 Å². The zero-order valence-electron chi connectivity index (χ0n) is 12.6. The van der Waals surface area contributed by atoms with E-state index < -0.39 is 17.7 Å². The Bertz CT molecular complexity index is 705. The van der Waals surface area contributed by atoms with Gasteiger partial charge in [0.2, 0.25) is 0 Å². The molecular formula is C15H17ClF2N4O2. The molecule has 2 heterocycles. The lowest BCUT2D eigenvalue weighted by Gasteiger charge is -2.11. The minimum Gasteiger partial charge on any atom is -0.364 e. The summed E-state index contributed by atoms with van der Waals surface area (Å²) < 4.78 is 32.0. The number of aromatic nitrogens is 2. The summed E-state index contributed by atoms with van der Waals surface area (Å²) in [6, 6.07) is 4.64. The predicted molar refractivity (Wildman–Crippen MR) is 86.8 cm³/mol. The zero-order chi connectivity index (χ0) is 16.4. The lowest BCUT2D eigenvalue weighted by atomic mass is 10.1. The molecule has 2 atom stereocenters. The van der Waals surface area contributed by atoms with E-state index in [1.807, 2.05) is 0 Å². The first kappa shape index (κ1) is 18.3. The topological polar surface area (TPSA) is 93.0 Å². The van der Waals surface area contributed by atoms with Crippen molar-refractivity contribution in [2.75, 3.05) is 11.9 Å². The summed E-state index contributed by atoms with van der Waals surface area (Å²) >= 11 is 0. The van der Waals surface area contributed by atoms with E-state index in [1.165, 1.54) is 18.2 Å². The van der Waals surface area contributed by atoms with Crippen LogP contribution in [0.25, 0.3) is 11.3 Å². The summed E-state index contributed by atoms with van der Waals surface area (Å²) in [4.78, 5) is 12.1. The molecule has 4 N–H and O–H groups in total. The van der Waals surface area contributed by atoms with E-state index in [1.54, 1.807) is 0 Å². The normalized spacial score (nSPS) is 19.8. The Balaban J connectivity index is 0.00000208. The number of carbonyl (C=O) groups is 1. The highest BCUT2D eigenvalue weighted by atomic mass is 35.5. The van der Waals surface area contributed by atoms with Crippen molar-refractivity contribution in [2.45, 2.75) is 25.0 Å². The van der Waals surface area contributed by atoms with Gasteiger partial charge in [-0.2, -0.15) is 5.10 Å². The molecule has 1 saturated heterocycles. The minimum atomic E-state index is -0.688. The standard InChI is InChI=1S/C15H16F2N4O2.ClH/c16-9-3-8(4-10(17)5-9)12-6-14(21-20-12)19-15(22)13-2-1-11(7-18)23-13;/h3-6,11,13H,1-2,7,18H2,(H2,19,20,21,22);1H/t11-,13+;/m1./s1. The van der Waals surface area contributed by atoms with Gasteiger partial charge in [-0.25, -0.2) is 8.78 Å². The van der Waals surface area contributed by atoms with Crippen molar-refractivity contribution >= 4 is 24.1 Å². The zero-order valence-corrected chi connectivity index (χ0v) is 13.4. The van der Waals surface area contributed by atoms with Crippen LogP contribution in [0, 0.1) is 11.6 Å². The van der Waals surface area contributed by atoms with Gasteiger partial charge in [0.05, 0.1) is 11.8 Å². The number of H-pyrrole nitrogens is 1. The van der Waals surface area contributed by atoms with Crippen LogP contribution in [0.2, 0.25) is 0 Å². The summed E-state index contributed by atoms with van der Waals surface area (Å²) in [5, 5.41) is 9.17. The summed E-state index contributed by atoms with van der Waals surface area (Å²) in [5.74, 6) is -1.43. The molecule has 1 amide bonds. The van der Waals surface area contributed by atoms with E-state index >= 15 is 0 Å². The van der Waals surface area contributed by atoms with Crippen molar-refractivity contribution in [1.29, 1.82) is 0 Å². The van der Waals surface area contributed by atoms with Crippen LogP contribution in [0.5, 0.6) is 0 Å². The fraction of sp³-hybridized carbons (Fsp3) is 0.333. The number of nitrogens with zero attached hydrogens (tertiary/aromatic N) is 1. The lowest BCUT2D eigenvalue weighted by molar-refractivity contribution is -0.126. The van der Waals surface area contributed by atoms with E-state index in [-0.39, 0.29) is 30.2 Å². The van der Waals surface area contributed by atoms with Crippen LogP contribution in [-0.2, 0) is 9.53 Å². The average Bonchev–Trinajstić information content (AvgIpc) is 3.15.